The van der Waals surface area contributed by atoms with Crippen molar-refractivity contribution in [2.75, 3.05) is 27.7 Å². The van der Waals surface area contributed by atoms with Gasteiger partial charge in [0, 0.05) is 24.5 Å². The van der Waals surface area contributed by atoms with E-state index in [4.69, 9.17) is 4.74 Å². The average molecular weight is 358 g/mol. The van der Waals surface area contributed by atoms with Crippen LogP contribution >= 0.6 is 11.3 Å². The molecule has 0 spiro atoms. The lowest BCUT2D eigenvalue weighted by Gasteiger charge is -2.24. The van der Waals surface area contributed by atoms with Crippen LogP contribution < -0.4 is 10.1 Å². The van der Waals surface area contributed by atoms with Gasteiger partial charge in [0.25, 0.3) is 5.91 Å². The van der Waals surface area contributed by atoms with Gasteiger partial charge < -0.3 is 15.0 Å². The summed E-state index contributed by atoms with van der Waals surface area (Å²) in [5.41, 5.74) is 1.67. The normalized spacial score (nSPS) is 12.5. The molecular weight excluding hydrogens is 336 g/mol. The van der Waals surface area contributed by atoms with Gasteiger partial charge in [0.15, 0.2) is 0 Å². The Morgan fingerprint density at radius 3 is 2.88 bits per heavy atom. The monoisotopic (exact) mass is 358 g/mol. The van der Waals surface area contributed by atoms with E-state index < -0.39 is 0 Å². The topological polar surface area (TPSA) is 59.4 Å². The van der Waals surface area contributed by atoms with Gasteiger partial charge in [-0.2, -0.15) is 0 Å². The van der Waals surface area contributed by atoms with E-state index in [0.29, 0.717) is 18.0 Å². The van der Waals surface area contributed by atoms with E-state index in [1.165, 1.54) is 22.8 Å². The number of rotatable bonds is 6. The molecule has 0 aliphatic carbocycles. The van der Waals surface area contributed by atoms with E-state index in [2.05, 4.69) is 32.8 Å². The van der Waals surface area contributed by atoms with Gasteiger partial charge in [0.05, 0.1) is 13.2 Å². The summed E-state index contributed by atoms with van der Waals surface area (Å²) in [7, 11) is 7.32. The first-order valence-corrected chi connectivity index (χ1v) is 8.87. The molecule has 3 rings (SSSR count). The maximum Gasteiger partial charge on any atom is 0.258 e. The van der Waals surface area contributed by atoms with E-state index in [9.17, 15) is 4.79 Å². The molecule has 0 radical (unpaired) electrons. The lowest BCUT2D eigenvalue weighted by molar-refractivity contribution is 0.0939. The highest BCUT2D eigenvalue weighted by atomic mass is 32.1. The van der Waals surface area contributed by atoms with Gasteiger partial charge in [0.1, 0.15) is 5.56 Å². The summed E-state index contributed by atoms with van der Waals surface area (Å²) in [6, 6.07) is 8.43. The number of nitrogens with one attached hydrogen (secondary N) is 1. The summed E-state index contributed by atoms with van der Waals surface area (Å²) in [4.78, 5) is 14.7. The Bertz CT molecular complexity index is 884. The Morgan fingerprint density at radius 2 is 2.16 bits per heavy atom. The number of hydrogen-bond acceptors (Lipinski definition) is 5. The molecule has 0 fully saturated rings. The SMILES string of the molecule is COc1nn(C)cc1C(=O)NCC(c1csc2ccccc12)N(C)C. The molecule has 1 N–H and O–H groups in total. The fourth-order valence-corrected chi connectivity index (χ4v) is 3.89. The lowest BCUT2D eigenvalue weighted by Crippen LogP contribution is -2.34. The van der Waals surface area contributed by atoms with Crippen LogP contribution in [0.2, 0.25) is 0 Å². The molecule has 0 bridgehead atoms. The van der Waals surface area contributed by atoms with Crippen molar-refractivity contribution in [3.05, 3.63) is 47.0 Å². The number of hydrogen-bond donors (Lipinski definition) is 1. The number of benzene rings is 1. The van der Waals surface area contributed by atoms with Crippen molar-refractivity contribution in [1.82, 2.24) is 20.0 Å². The number of carbonyl (C=O) groups excluding carboxylic acids is 1. The summed E-state index contributed by atoms with van der Waals surface area (Å²) in [5.74, 6) is 0.152. The number of aromatic nitrogens is 2. The third kappa shape index (κ3) is 3.52. The predicted octanol–water partition coefficient (Wildman–Crippen LogP) is 2.68. The molecule has 0 saturated heterocycles. The highest BCUT2D eigenvalue weighted by Gasteiger charge is 2.21. The Hall–Kier alpha value is -2.38. The predicted molar refractivity (Wildman–Crippen MR) is 100 cm³/mol. The second-order valence-corrected chi connectivity index (χ2v) is 7.01. The highest BCUT2D eigenvalue weighted by Crippen LogP contribution is 2.32. The number of nitrogens with zero attached hydrogens (tertiary/aromatic N) is 3. The van der Waals surface area contributed by atoms with Crippen LogP contribution in [0.15, 0.2) is 35.8 Å². The van der Waals surface area contributed by atoms with Crippen LogP contribution in [0.4, 0.5) is 0 Å². The Kier molecular flexibility index (Phi) is 5.06. The lowest BCUT2D eigenvalue weighted by atomic mass is 10.0. The molecule has 2 aromatic heterocycles. The van der Waals surface area contributed by atoms with Crippen molar-refractivity contribution in [3.8, 4) is 5.88 Å². The molecule has 1 atom stereocenters. The molecule has 0 aliphatic rings. The molecule has 7 heteroatoms. The van der Waals surface area contributed by atoms with Gasteiger partial charge in [0.2, 0.25) is 5.88 Å². The first-order chi connectivity index (χ1) is 12.0. The summed E-state index contributed by atoms with van der Waals surface area (Å²) >= 11 is 1.73. The zero-order valence-corrected chi connectivity index (χ0v) is 15.6. The molecule has 2 heterocycles. The van der Waals surface area contributed by atoms with Crippen LogP contribution in [0.5, 0.6) is 5.88 Å². The van der Waals surface area contributed by atoms with E-state index in [0.717, 1.165) is 0 Å². The van der Waals surface area contributed by atoms with E-state index in [-0.39, 0.29) is 11.9 Å². The summed E-state index contributed by atoms with van der Waals surface area (Å²) in [6.45, 7) is 0.505. The summed E-state index contributed by atoms with van der Waals surface area (Å²) < 4.78 is 8.00. The minimum atomic E-state index is -0.184. The Labute approximate surface area is 151 Å². The van der Waals surface area contributed by atoms with Crippen molar-refractivity contribution in [2.45, 2.75) is 6.04 Å². The van der Waals surface area contributed by atoms with Crippen LogP contribution in [0, 0.1) is 0 Å². The molecule has 3 aromatic rings. The standard InChI is InChI=1S/C18H22N4O2S/c1-21(2)15(14-11-25-16-8-6-5-7-12(14)16)9-19-17(23)13-10-22(3)20-18(13)24-4/h5-8,10-11,15H,9H2,1-4H3,(H,19,23). The van der Waals surface area contributed by atoms with Crippen LogP contribution in [0.3, 0.4) is 0 Å². The number of aryl methyl sites for hydroxylation is 1. The molecule has 6 nitrogen and oxygen atoms in total. The Morgan fingerprint density at radius 1 is 1.40 bits per heavy atom. The van der Waals surface area contributed by atoms with Crippen molar-refractivity contribution in [3.63, 3.8) is 0 Å². The maximum absolute atomic E-state index is 12.5. The van der Waals surface area contributed by atoms with Gasteiger partial charge in [-0.15, -0.1) is 16.4 Å². The number of carbonyl (C=O) groups is 1. The number of fused-ring (bicyclic) bond motifs is 1. The van der Waals surface area contributed by atoms with Crippen molar-refractivity contribution < 1.29 is 9.53 Å². The van der Waals surface area contributed by atoms with Crippen molar-refractivity contribution >= 4 is 27.3 Å². The highest BCUT2D eigenvalue weighted by molar-refractivity contribution is 7.17. The molecule has 1 unspecified atom stereocenters. The quantitative estimate of drug-likeness (QED) is 0.736. The molecule has 1 amide bonds. The maximum atomic E-state index is 12.5. The number of likely N-dealkylation sites (N-methyl/N-ethyl adjacent to an activating group) is 1. The van der Waals surface area contributed by atoms with E-state index in [1.54, 1.807) is 29.3 Å². The number of ether oxygens (including phenoxy) is 1. The van der Waals surface area contributed by atoms with Gasteiger partial charge in [-0.25, -0.2) is 0 Å². The fourth-order valence-electron chi connectivity index (χ4n) is 2.89. The van der Waals surface area contributed by atoms with Gasteiger partial charge in [-0.1, -0.05) is 18.2 Å². The molecular formula is C18H22N4O2S. The first-order valence-electron chi connectivity index (χ1n) is 7.99. The van der Waals surface area contributed by atoms with Gasteiger partial charge >= 0.3 is 0 Å². The first kappa shape index (κ1) is 17.4. The van der Waals surface area contributed by atoms with Crippen molar-refractivity contribution in [2.24, 2.45) is 7.05 Å². The largest absolute Gasteiger partial charge is 0.479 e. The average Bonchev–Trinajstić information content (AvgIpc) is 3.18. The minimum absolute atomic E-state index is 0.0859. The molecule has 0 saturated carbocycles. The summed E-state index contributed by atoms with van der Waals surface area (Å²) in [5, 5.41) is 10.5. The second-order valence-electron chi connectivity index (χ2n) is 6.10. The smallest absolute Gasteiger partial charge is 0.258 e. The summed E-state index contributed by atoms with van der Waals surface area (Å²) in [6.07, 6.45) is 1.67. The molecule has 0 aliphatic heterocycles. The molecule has 1 aromatic carbocycles. The van der Waals surface area contributed by atoms with Crippen LogP contribution in [-0.4, -0.2) is 48.3 Å². The second kappa shape index (κ2) is 7.25. The van der Waals surface area contributed by atoms with E-state index in [1.807, 2.05) is 26.2 Å². The zero-order valence-electron chi connectivity index (χ0n) is 14.8. The molecule has 25 heavy (non-hydrogen) atoms. The third-order valence-corrected chi connectivity index (χ3v) is 5.16. The zero-order chi connectivity index (χ0) is 18.0. The molecule has 132 valence electrons. The number of amides is 1. The Balaban J connectivity index is 1.80. The van der Waals surface area contributed by atoms with E-state index >= 15 is 0 Å². The number of methoxy groups -OCH3 is 1. The third-order valence-electron chi connectivity index (χ3n) is 4.18. The van der Waals surface area contributed by atoms with Crippen molar-refractivity contribution in [1.29, 1.82) is 0 Å². The van der Waals surface area contributed by atoms with Crippen LogP contribution in [0.1, 0.15) is 22.0 Å². The number of thiophene rings is 1. The van der Waals surface area contributed by atoms with Gasteiger partial charge in [-0.05, 0) is 36.5 Å². The fraction of sp³-hybridized carbons (Fsp3) is 0.333. The van der Waals surface area contributed by atoms with Crippen LogP contribution in [0.25, 0.3) is 10.1 Å². The van der Waals surface area contributed by atoms with Crippen LogP contribution in [-0.2, 0) is 7.05 Å². The van der Waals surface area contributed by atoms with Gasteiger partial charge in [-0.3, -0.25) is 9.48 Å². The minimum Gasteiger partial charge on any atom is -0.479 e.